The molecule has 0 aliphatic carbocycles. The van der Waals surface area contributed by atoms with Crippen LogP contribution in [0.1, 0.15) is 12.0 Å². The second-order valence-corrected chi connectivity index (χ2v) is 6.64. The Balaban J connectivity index is 2.38. The van der Waals surface area contributed by atoms with Gasteiger partial charge in [0.2, 0.25) is 0 Å². The molecule has 1 aromatic carbocycles. The summed E-state index contributed by atoms with van der Waals surface area (Å²) in [4.78, 5) is 0. The maximum Gasteiger partial charge on any atom is 0.279 e. The van der Waals surface area contributed by atoms with E-state index in [2.05, 4.69) is 10.0 Å². The molecule has 0 spiro atoms. The standard InChI is InChI=1S/C14H25N3O3S/c1-15-10-4-12-17(2)21(18,19)16-11-9-13-5-7-14(20-3)8-6-13/h5-8,15-16H,4,9-12H2,1-3H3. The fourth-order valence-corrected chi connectivity index (χ4v) is 2.78. The summed E-state index contributed by atoms with van der Waals surface area (Å²) in [7, 11) is 1.66. The Morgan fingerprint density at radius 3 is 2.43 bits per heavy atom. The van der Waals surface area contributed by atoms with Gasteiger partial charge in [-0.1, -0.05) is 12.1 Å². The van der Waals surface area contributed by atoms with Gasteiger partial charge in [0, 0.05) is 20.1 Å². The zero-order valence-corrected chi connectivity index (χ0v) is 13.7. The quantitative estimate of drug-likeness (QED) is 0.621. The van der Waals surface area contributed by atoms with E-state index >= 15 is 0 Å². The average molecular weight is 315 g/mol. The van der Waals surface area contributed by atoms with Crippen molar-refractivity contribution in [3.63, 3.8) is 0 Å². The van der Waals surface area contributed by atoms with E-state index in [1.165, 1.54) is 4.31 Å². The minimum atomic E-state index is -3.39. The van der Waals surface area contributed by atoms with E-state index in [1.807, 2.05) is 31.3 Å². The Morgan fingerprint density at radius 1 is 1.19 bits per heavy atom. The lowest BCUT2D eigenvalue weighted by atomic mass is 10.1. The molecule has 0 saturated heterocycles. The topological polar surface area (TPSA) is 70.7 Å². The van der Waals surface area contributed by atoms with Gasteiger partial charge in [-0.2, -0.15) is 12.7 Å². The van der Waals surface area contributed by atoms with E-state index in [0.717, 1.165) is 24.3 Å². The van der Waals surface area contributed by atoms with Crippen molar-refractivity contribution in [3.05, 3.63) is 29.8 Å². The van der Waals surface area contributed by atoms with Crippen LogP contribution in [0.15, 0.2) is 24.3 Å². The van der Waals surface area contributed by atoms with Crippen LogP contribution in [0.4, 0.5) is 0 Å². The van der Waals surface area contributed by atoms with Crippen LogP contribution in [0.3, 0.4) is 0 Å². The molecule has 1 rings (SSSR count). The lowest BCUT2D eigenvalue weighted by molar-refractivity contribution is 0.414. The Kier molecular flexibility index (Phi) is 7.66. The number of rotatable bonds is 10. The molecule has 1 aromatic rings. The highest BCUT2D eigenvalue weighted by Gasteiger charge is 2.15. The Labute approximate surface area is 127 Å². The van der Waals surface area contributed by atoms with E-state index < -0.39 is 10.2 Å². The number of nitrogens with zero attached hydrogens (tertiary/aromatic N) is 1. The van der Waals surface area contributed by atoms with Crippen LogP contribution >= 0.6 is 0 Å². The zero-order chi connectivity index (χ0) is 15.7. The molecule has 0 aromatic heterocycles. The third kappa shape index (κ3) is 6.43. The van der Waals surface area contributed by atoms with Gasteiger partial charge in [-0.15, -0.1) is 0 Å². The third-order valence-electron chi connectivity index (χ3n) is 3.17. The highest BCUT2D eigenvalue weighted by atomic mass is 32.2. The molecule has 0 amide bonds. The van der Waals surface area contributed by atoms with Gasteiger partial charge in [0.05, 0.1) is 7.11 Å². The number of ether oxygens (including phenoxy) is 1. The number of nitrogens with one attached hydrogen (secondary N) is 2. The molecule has 0 bridgehead atoms. The largest absolute Gasteiger partial charge is 0.497 e. The molecule has 0 unspecified atom stereocenters. The predicted octanol–water partition coefficient (Wildman–Crippen LogP) is 0.613. The van der Waals surface area contributed by atoms with Crippen LogP contribution in [0.5, 0.6) is 5.75 Å². The molecular weight excluding hydrogens is 290 g/mol. The van der Waals surface area contributed by atoms with Gasteiger partial charge in [0.25, 0.3) is 10.2 Å². The SMILES string of the molecule is CNCCCN(C)S(=O)(=O)NCCc1ccc(OC)cc1. The van der Waals surface area contributed by atoms with E-state index in [9.17, 15) is 8.42 Å². The summed E-state index contributed by atoms with van der Waals surface area (Å²) in [5.74, 6) is 0.795. The van der Waals surface area contributed by atoms with Crippen LogP contribution < -0.4 is 14.8 Å². The number of methoxy groups -OCH3 is 1. The predicted molar refractivity (Wildman–Crippen MR) is 84.8 cm³/mol. The van der Waals surface area contributed by atoms with Crippen molar-refractivity contribution >= 4 is 10.2 Å². The number of benzene rings is 1. The summed E-state index contributed by atoms with van der Waals surface area (Å²) in [6.45, 7) is 1.68. The summed E-state index contributed by atoms with van der Waals surface area (Å²) in [5.41, 5.74) is 1.07. The molecule has 0 heterocycles. The van der Waals surface area contributed by atoms with E-state index in [-0.39, 0.29) is 0 Å². The fraction of sp³-hybridized carbons (Fsp3) is 0.571. The van der Waals surface area contributed by atoms with Crippen LogP contribution in [0.2, 0.25) is 0 Å². The zero-order valence-electron chi connectivity index (χ0n) is 12.9. The molecule has 0 aliphatic heterocycles. The first-order valence-electron chi connectivity index (χ1n) is 6.98. The normalized spacial score (nSPS) is 11.8. The molecule has 7 heteroatoms. The fourth-order valence-electron chi connectivity index (χ4n) is 1.83. The van der Waals surface area contributed by atoms with Gasteiger partial charge >= 0.3 is 0 Å². The number of hydrogen-bond acceptors (Lipinski definition) is 4. The average Bonchev–Trinajstić information content (AvgIpc) is 2.48. The molecule has 21 heavy (non-hydrogen) atoms. The van der Waals surface area contributed by atoms with Gasteiger partial charge in [0.15, 0.2) is 0 Å². The maximum absolute atomic E-state index is 12.0. The Morgan fingerprint density at radius 2 is 1.86 bits per heavy atom. The van der Waals surface area contributed by atoms with E-state index in [1.54, 1.807) is 14.2 Å². The second kappa shape index (κ2) is 8.99. The van der Waals surface area contributed by atoms with Crippen LogP contribution in [0, 0.1) is 0 Å². The summed E-state index contributed by atoms with van der Waals surface area (Å²) >= 11 is 0. The summed E-state index contributed by atoms with van der Waals surface area (Å²) in [6.07, 6.45) is 1.43. The number of hydrogen-bond donors (Lipinski definition) is 2. The lowest BCUT2D eigenvalue weighted by Gasteiger charge is -2.17. The van der Waals surface area contributed by atoms with Crippen LogP contribution in [-0.2, 0) is 16.6 Å². The minimum absolute atomic E-state index is 0.380. The molecule has 0 radical (unpaired) electrons. The summed E-state index contributed by atoms with van der Waals surface area (Å²) < 4.78 is 33.0. The smallest absolute Gasteiger partial charge is 0.279 e. The van der Waals surface area contributed by atoms with Gasteiger partial charge < -0.3 is 10.1 Å². The van der Waals surface area contributed by atoms with Crippen LogP contribution in [0.25, 0.3) is 0 Å². The van der Waals surface area contributed by atoms with Crippen molar-refractivity contribution in [2.24, 2.45) is 0 Å². The van der Waals surface area contributed by atoms with Gasteiger partial charge in [-0.05, 0) is 44.1 Å². The second-order valence-electron chi connectivity index (χ2n) is 4.78. The lowest BCUT2D eigenvalue weighted by Crippen LogP contribution is -2.40. The van der Waals surface area contributed by atoms with Crippen molar-refractivity contribution < 1.29 is 13.2 Å². The Bertz CT molecular complexity index is 503. The van der Waals surface area contributed by atoms with Crippen molar-refractivity contribution in [1.29, 1.82) is 0 Å². The first kappa shape index (κ1) is 17.9. The molecule has 6 nitrogen and oxygen atoms in total. The molecule has 2 N–H and O–H groups in total. The monoisotopic (exact) mass is 315 g/mol. The van der Waals surface area contributed by atoms with Gasteiger partial charge in [-0.25, -0.2) is 4.72 Å². The summed E-state index contributed by atoms with van der Waals surface area (Å²) in [5, 5.41) is 3.00. The minimum Gasteiger partial charge on any atom is -0.497 e. The Hall–Kier alpha value is -1.15. The van der Waals surface area contributed by atoms with Crippen molar-refractivity contribution in [2.45, 2.75) is 12.8 Å². The van der Waals surface area contributed by atoms with Crippen molar-refractivity contribution in [1.82, 2.24) is 14.3 Å². The molecule has 0 atom stereocenters. The van der Waals surface area contributed by atoms with Crippen molar-refractivity contribution in [2.75, 3.05) is 40.8 Å². The van der Waals surface area contributed by atoms with Crippen molar-refractivity contribution in [3.8, 4) is 5.75 Å². The molecule has 120 valence electrons. The molecule has 0 fully saturated rings. The maximum atomic E-state index is 12.0. The van der Waals surface area contributed by atoms with Gasteiger partial charge in [0.1, 0.15) is 5.75 Å². The summed E-state index contributed by atoms with van der Waals surface area (Å²) in [6, 6.07) is 7.61. The first-order chi connectivity index (χ1) is 9.99. The van der Waals surface area contributed by atoms with E-state index in [0.29, 0.717) is 19.5 Å². The molecule has 0 aliphatic rings. The van der Waals surface area contributed by atoms with E-state index in [4.69, 9.17) is 4.74 Å². The highest BCUT2D eigenvalue weighted by molar-refractivity contribution is 7.87. The third-order valence-corrected chi connectivity index (χ3v) is 4.74. The molecular formula is C14H25N3O3S. The van der Waals surface area contributed by atoms with Gasteiger partial charge in [-0.3, -0.25) is 0 Å². The van der Waals surface area contributed by atoms with Crippen LogP contribution in [-0.4, -0.2) is 53.6 Å². The molecule has 0 saturated carbocycles. The highest BCUT2D eigenvalue weighted by Crippen LogP contribution is 2.11. The first-order valence-corrected chi connectivity index (χ1v) is 8.42.